The first-order valence-electron chi connectivity index (χ1n) is 9.90. The van der Waals surface area contributed by atoms with Gasteiger partial charge in [0.2, 0.25) is 0 Å². The molecule has 0 aliphatic heterocycles. The number of hydrogen-bond acceptors (Lipinski definition) is 5. The summed E-state index contributed by atoms with van der Waals surface area (Å²) in [5.41, 5.74) is 1.43. The van der Waals surface area contributed by atoms with Crippen molar-refractivity contribution < 1.29 is 9.90 Å². The maximum atomic E-state index is 11.1. The highest BCUT2D eigenvalue weighted by atomic mass is 32.1. The minimum Gasteiger partial charge on any atom is -0.481 e. The van der Waals surface area contributed by atoms with Crippen molar-refractivity contribution in [1.82, 2.24) is 4.98 Å². The minimum absolute atomic E-state index is 0.135. The van der Waals surface area contributed by atoms with Crippen molar-refractivity contribution in [3.05, 3.63) is 33.0 Å². The number of rotatable bonds is 8. The van der Waals surface area contributed by atoms with Crippen molar-refractivity contribution in [2.45, 2.75) is 71.3 Å². The van der Waals surface area contributed by atoms with E-state index in [2.05, 4.69) is 43.2 Å². The van der Waals surface area contributed by atoms with Gasteiger partial charge < -0.3 is 10.0 Å². The molecule has 27 heavy (non-hydrogen) atoms. The van der Waals surface area contributed by atoms with Crippen molar-refractivity contribution in [2.24, 2.45) is 5.92 Å². The van der Waals surface area contributed by atoms with Gasteiger partial charge >= 0.3 is 5.97 Å². The zero-order chi connectivity index (χ0) is 19.4. The van der Waals surface area contributed by atoms with E-state index < -0.39 is 5.97 Å². The van der Waals surface area contributed by atoms with E-state index in [0.29, 0.717) is 6.54 Å². The lowest BCUT2D eigenvalue weighted by Crippen LogP contribution is -2.31. The molecule has 0 spiro atoms. The third-order valence-electron chi connectivity index (χ3n) is 5.95. The van der Waals surface area contributed by atoms with E-state index >= 15 is 0 Å². The first-order chi connectivity index (χ1) is 12.9. The number of thiazole rings is 1. The SMILES string of the molecule is CCC1(c2csc(N(CCC(=O)O)Cc3ccc(C)s3)n2)CCC(C)CC1. The highest BCUT2D eigenvalue weighted by Gasteiger charge is 2.36. The standard InChI is InChI=1S/C21H30N2O2S2/c1-4-21(10-7-15(2)8-11-21)18-14-26-20(22-18)23(12-9-19(24)25)13-17-6-5-16(3)27-17/h5-6,14-15H,4,7-13H2,1-3H3,(H,24,25). The second-order valence-electron chi connectivity index (χ2n) is 7.91. The van der Waals surface area contributed by atoms with Gasteiger partial charge in [0.1, 0.15) is 0 Å². The van der Waals surface area contributed by atoms with Gasteiger partial charge in [-0.3, -0.25) is 4.79 Å². The molecule has 1 N–H and O–H groups in total. The summed E-state index contributed by atoms with van der Waals surface area (Å²) in [6, 6.07) is 4.26. The van der Waals surface area contributed by atoms with Crippen LogP contribution in [0, 0.1) is 12.8 Å². The van der Waals surface area contributed by atoms with Crippen LogP contribution in [0.25, 0.3) is 0 Å². The van der Waals surface area contributed by atoms with E-state index in [4.69, 9.17) is 10.1 Å². The Balaban J connectivity index is 1.81. The second-order valence-corrected chi connectivity index (χ2v) is 10.1. The lowest BCUT2D eigenvalue weighted by Gasteiger charge is -2.37. The number of aliphatic carboxylic acids is 1. The Bertz CT molecular complexity index is 760. The molecule has 1 aliphatic carbocycles. The van der Waals surface area contributed by atoms with Crippen LogP contribution in [-0.2, 0) is 16.8 Å². The number of thiophene rings is 1. The van der Waals surface area contributed by atoms with Crippen molar-refractivity contribution in [2.75, 3.05) is 11.4 Å². The zero-order valence-corrected chi connectivity index (χ0v) is 18.2. The molecule has 2 heterocycles. The smallest absolute Gasteiger partial charge is 0.305 e. The van der Waals surface area contributed by atoms with Gasteiger partial charge in [0.25, 0.3) is 0 Å². The summed E-state index contributed by atoms with van der Waals surface area (Å²) in [7, 11) is 0. The monoisotopic (exact) mass is 406 g/mol. The van der Waals surface area contributed by atoms with Crippen molar-refractivity contribution >= 4 is 33.8 Å². The molecule has 1 saturated carbocycles. The van der Waals surface area contributed by atoms with Gasteiger partial charge in [0.15, 0.2) is 5.13 Å². The lowest BCUT2D eigenvalue weighted by molar-refractivity contribution is -0.136. The van der Waals surface area contributed by atoms with E-state index in [1.165, 1.54) is 41.1 Å². The highest BCUT2D eigenvalue weighted by molar-refractivity contribution is 7.14. The fourth-order valence-corrected chi connectivity index (χ4v) is 5.87. The Morgan fingerprint density at radius 1 is 1.37 bits per heavy atom. The Morgan fingerprint density at radius 2 is 2.11 bits per heavy atom. The average molecular weight is 407 g/mol. The zero-order valence-electron chi connectivity index (χ0n) is 16.5. The number of carboxylic acid groups (broad SMARTS) is 1. The molecule has 0 aromatic carbocycles. The summed E-state index contributed by atoms with van der Waals surface area (Å²) in [4.78, 5) is 20.8. The maximum Gasteiger partial charge on any atom is 0.305 e. The Labute approximate surface area is 170 Å². The second kappa shape index (κ2) is 8.74. The topological polar surface area (TPSA) is 53.4 Å². The van der Waals surface area contributed by atoms with Crippen LogP contribution in [0.1, 0.15) is 67.8 Å². The van der Waals surface area contributed by atoms with Gasteiger partial charge in [-0.05, 0) is 57.1 Å². The number of aryl methyl sites for hydroxylation is 1. The first-order valence-corrected chi connectivity index (χ1v) is 11.6. The minimum atomic E-state index is -0.759. The number of carbonyl (C=O) groups is 1. The normalized spacial score (nSPS) is 22.7. The molecular weight excluding hydrogens is 376 g/mol. The van der Waals surface area contributed by atoms with Gasteiger partial charge in [-0.15, -0.1) is 22.7 Å². The van der Waals surface area contributed by atoms with Crippen molar-refractivity contribution in [1.29, 1.82) is 0 Å². The molecular formula is C21H30N2O2S2. The molecule has 0 unspecified atom stereocenters. The van der Waals surface area contributed by atoms with E-state index in [-0.39, 0.29) is 11.8 Å². The summed E-state index contributed by atoms with van der Waals surface area (Å²) in [5, 5.41) is 12.3. The van der Waals surface area contributed by atoms with Crippen LogP contribution in [-0.4, -0.2) is 22.6 Å². The summed E-state index contributed by atoms with van der Waals surface area (Å²) < 4.78 is 0. The number of aromatic nitrogens is 1. The van der Waals surface area contributed by atoms with Crippen LogP contribution >= 0.6 is 22.7 Å². The predicted molar refractivity (Wildman–Crippen MR) is 114 cm³/mol. The van der Waals surface area contributed by atoms with Crippen LogP contribution in [0.5, 0.6) is 0 Å². The molecule has 2 aromatic heterocycles. The van der Waals surface area contributed by atoms with E-state index in [9.17, 15) is 4.79 Å². The Hall–Kier alpha value is -1.40. The first kappa shape index (κ1) is 20.3. The lowest BCUT2D eigenvalue weighted by atomic mass is 9.68. The molecule has 0 bridgehead atoms. The fourth-order valence-electron chi connectivity index (χ4n) is 3.99. The number of anilines is 1. The molecule has 2 aromatic rings. The van der Waals surface area contributed by atoms with E-state index in [0.717, 1.165) is 24.0 Å². The highest BCUT2D eigenvalue weighted by Crippen LogP contribution is 2.45. The van der Waals surface area contributed by atoms with Crippen LogP contribution in [0.2, 0.25) is 0 Å². The fraction of sp³-hybridized carbons (Fsp3) is 0.619. The third kappa shape index (κ3) is 4.91. The molecule has 0 saturated heterocycles. The summed E-state index contributed by atoms with van der Waals surface area (Å²) >= 11 is 3.44. The number of carboxylic acids is 1. The van der Waals surface area contributed by atoms with Gasteiger partial charge in [0.05, 0.1) is 18.7 Å². The van der Waals surface area contributed by atoms with E-state index in [1.807, 2.05) is 0 Å². The average Bonchev–Trinajstić information content (AvgIpc) is 3.29. The van der Waals surface area contributed by atoms with Gasteiger partial charge in [-0.2, -0.15) is 0 Å². The van der Waals surface area contributed by atoms with Crippen LogP contribution < -0.4 is 4.90 Å². The predicted octanol–water partition coefficient (Wildman–Crippen LogP) is 5.85. The molecule has 148 valence electrons. The Morgan fingerprint density at radius 3 is 2.70 bits per heavy atom. The third-order valence-corrected chi connectivity index (χ3v) is 7.84. The molecule has 4 nitrogen and oxygen atoms in total. The molecule has 0 radical (unpaired) electrons. The van der Waals surface area contributed by atoms with Crippen LogP contribution in [0.4, 0.5) is 5.13 Å². The summed E-state index contributed by atoms with van der Waals surface area (Å²) in [6.07, 6.45) is 6.24. The number of nitrogens with zero attached hydrogens (tertiary/aromatic N) is 2. The van der Waals surface area contributed by atoms with Gasteiger partial charge in [0, 0.05) is 27.1 Å². The molecule has 6 heteroatoms. The quantitative estimate of drug-likeness (QED) is 0.597. The molecule has 1 fully saturated rings. The van der Waals surface area contributed by atoms with E-state index in [1.54, 1.807) is 22.7 Å². The largest absolute Gasteiger partial charge is 0.481 e. The number of hydrogen-bond donors (Lipinski definition) is 1. The molecule has 0 amide bonds. The molecule has 1 aliphatic rings. The summed E-state index contributed by atoms with van der Waals surface area (Å²) in [6.45, 7) is 7.96. The van der Waals surface area contributed by atoms with Crippen molar-refractivity contribution in [3.8, 4) is 0 Å². The molecule has 3 rings (SSSR count). The maximum absolute atomic E-state index is 11.1. The van der Waals surface area contributed by atoms with Gasteiger partial charge in [-0.1, -0.05) is 13.8 Å². The van der Waals surface area contributed by atoms with Crippen molar-refractivity contribution in [3.63, 3.8) is 0 Å². The van der Waals surface area contributed by atoms with Crippen LogP contribution in [0.15, 0.2) is 17.5 Å². The summed E-state index contributed by atoms with van der Waals surface area (Å²) in [5.74, 6) is 0.0577. The molecule has 0 atom stereocenters. The van der Waals surface area contributed by atoms with Crippen LogP contribution in [0.3, 0.4) is 0 Å². The Kier molecular flexibility index (Phi) is 6.58. The van der Waals surface area contributed by atoms with Gasteiger partial charge in [-0.25, -0.2) is 4.98 Å².